The van der Waals surface area contributed by atoms with E-state index in [0.717, 1.165) is 31.7 Å². The van der Waals surface area contributed by atoms with E-state index in [1.807, 2.05) is 20.0 Å². The fourth-order valence-corrected chi connectivity index (χ4v) is 5.87. The van der Waals surface area contributed by atoms with Crippen LogP contribution in [0.4, 0.5) is 5.69 Å². The first-order valence-corrected chi connectivity index (χ1v) is 15.0. The van der Waals surface area contributed by atoms with Crippen molar-refractivity contribution in [1.82, 2.24) is 14.8 Å². The van der Waals surface area contributed by atoms with E-state index in [-0.39, 0.29) is 0 Å². The molecule has 3 aliphatic rings. The van der Waals surface area contributed by atoms with E-state index < -0.39 is 0 Å². The predicted molar refractivity (Wildman–Crippen MR) is 164 cm³/mol. The summed E-state index contributed by atoms with van der Waals surface area (Å²) in [6.45, 7) is 10.5. The highest BCUT2D eigenvalue weighted by Gasteiger charge is 2.25. The van der Waals surface area contributed by atoms with E-state index in [1.165, 1.54) is 85.8 Å². The van der Waals surface area contributed by atoms with Crippen LogP contribution in [0.2, 0.25) is 0 Å². The SMILES string of the molecule is CC.Cc1ccc2c(NCCCCN(C)CCCN3C4=CCCC=C4CCC4=C3C=CCC4)ccnc2c1. The van der Waals surface area contributed by atoms with E-state index in [0.29, 0.717) is 0 Å². The zero-order valence-corrected chi connectivity index (χ0v) is 24.2. The van der Waals surface area contributed by atoms with Gasteiger partial charge in [0.2, 0.25) is 0 Å². The minimum absolute atomic E-state index is 1.00. The summed E-state index contributed by atoms with van der Waals surface area (Å²) in [5, 5.41) is 4.85. The van der Waals surface area contributed by atoms with Crippen LogP contribution in [-0.2, 0) is 0 Å². The van der Waals surface area contributed by atoms with Crippen LogP contribution < -0.4 is 5.32 Å². The van der Waals surface area contributed by atoms with Crippen LogP contribution in [-0.4, -0.2) is 48.0 Å². The van der Waals surface area contributed by atoms with Crippen LogP contribution in [0.3, 0.4) is 0 Å². The Hall–Kier alpha value is -2.85. The highest BCUT2D eigenvalue weighted by Crippen LogP contribution is 2.38. The second-order valence-corrected chi connectivity index (χ2v) is 10.6. The molecule has 1 aromatic heterocycles. The van der Waals surface area contributed by atoms with Gasteiger partial charge in [0.25, 0.3) is 0 Å². The molecule has 2 heterocycles. The molecule has 5 rings (SSSR count). The van der Waals surface area contributed by atoms with Gasteiger partial charge in [-0.25, -0.2) is 0 Å². The Morgan fingerprint density at radius 3 is 2.68 bits per heavy atom. The molecule has 2 aliphatic carbocycles. The number of hydrogen-bond acceptors (Lipinski definition) is 4. The van der Waals surface area contributed by atoms with Gasteiger partial charge in [0.05, 0.1) is 5.52 Å². The van der Waals surface area contributed by atoms with E-state index in [9.17, 15) is 0 Å². The Bertz CT molecular complexity index is 1190. The van der Waals surface area contributed by atoms with E-state index >= 15 is 0 Å². The first kappa shape index (κ1) is 28.2. The number of aromatic nitrogens is 1. The molecule has 2 aromatic rings. The number of rotatable bonds is 10. The molecule has 1 aliphatic heterocycles. The summed E-state index contributed by atoms with van der Waals surface area (Å²) in [6.07, 6.45) is 22.6. The molecule has 204 valence electrons. The lowest BCUT2D eigenvalue weighted by Crippen LogP contribution is -2.29. The minimum Gasteiger partial charge on any atom is -0.384 e. The van der Waals surface area contributed by atoms with Gasteiger partial charge in [0, 0.05) is 41.8 Å². The van der Waals surface area contributed by atoms with E-state index in [1.54, 1.807) is 11.1 Å². The van der Waals surface area contributed by atoms with Crippen molar-refractivity contribution in [3.05, 3.63) is 82.9 Å². The van der Waals surface area contributed by atoms with Gasteiger partial charge >= 0.3 is 0 Å². The number of anilines is 1. The topological polar surface area (TPSA) is 31.4 Å². The van der Waals surface area contributed by atoms with Gasteiger partial charge in [0.15, 0.2) is 0 Å². The zero-order valence-electron chi connectivity index (χ0n) is 24.2. The van der Waals surface area contributed by atoms with Crippen LogP contribution in [0.1, 0.15) is 77.2 Å². The Morgan fingerprint density at radius 1 is 0.947 bits per heavy atom. The third kappa shape index (κ3) is 7.17. The molecule has 0 saturated carbocycles. The van der Waals surface area contributed by atoms with Gasteiger partial charge in [0.1, 0.15) is 0 Å². The fraction of sp³-hybridized carbons (Fsp3) is 0.500. The molecule has 1 aromatic carbocycles. The Labute approximate surface area is 231 Å². The standard InChI is InChI=1S/C32H42N4.C2H6/c1-25-14-17-28-29(18-20-34-30(28)24-25)33-19-7-8-21-35(2)22-9-23-36-31-12-5-3-10-26(31)15-16-27-11-4-6-13-32(27)36;1-2/h5,11-14,17-18,20,24H,3-4,6-10,15-16,19,21-23H2,1-2H3,(H,33,34);1-2H3. The summed E-state index contributed by atoms with van der Waals surface area (Å²) in [4.78, 5) is 9.69. The first-order valence-electron chi connectivity index (χ1n) is 15.0. The molecule has 0 unspecified atom stereocenters. The summed E-state index contributed by atoms with van der Waals surface area (Å²) >= 11 is 0. The van der Waals surface area contributed by atoms with Crippen molar-refractivity contribution in [2.45, 2.75) is 78.6 Å². The number of hydrogen-bond donors (Lipinski definition) is 1. The lowest BCUT2D eigenvalue weighted by atomic mass is 9.96. The van der Waals surface area contributed by atoms with Crippen LogP contribution in [0, 0.1) is 6.92 Å². The van der Waals surface area contributed by atoms with Gasteiger partial charge in [-0.05, 0) is 120 Å². The number of aryl methyl sites for hydroxylation is 1. The molecule has 4 heteroatoms. The van der Waals surface area contributed by atoms with E-state index in [4.69, 9.17) is 0 Å². The maximum Gasteiger partial charge on any atom is 0.0725 e. The smallest absolute Gasteiger partial charge is 0.0725 e. The molecule has 0 radical (unpaired) electrons. The molecule has 4 nitrogen and oxygen atoms in total. The second kappa shape index (κ2) is 14.3. The van der Waals surface area contributed by atoms with Crippen LogP contribution in [0.25, 0.3) is 10.9 Å². The predicted octanol–water partition coefficient (Wildman–Crippen LogP) is 8.39. The maximum atomic E-state index is 4.52. The molecule has 0 fully saturated rings. The lowest BCUT2D eigenvalue weighted by Gasteiger charge is -2.32. The molecular formula is C34H48N4. The van der Waals surface area contributed by atoms with Crippen LogP contribution >= 0.6 is 0 Å². The van der Waals surface area contributed by atoms with Gasteiger partial charge in [-0.3, -0.25) is 4.98 Å². The van der Waals surface area contributed by atoms with Crippen molar-refractivity contribution < 1.29 is 0 Å². The number of allylic oxidation sites excluding steroid dienone is 6. The van der Waals surface area contributed by atoms with Crippen molar-refractivity contribution in [3.63, 3.8) is 0 Å². The highest BCUT2D eigenvalue weighted by atomic mass is 15.2. The Morgan fingerprint density at radius 2 is 1.79 bits per heavy atom. The number of unbranched alkanes of at least 4 members (excludes halogenated alkanes) is 1. The number of benzene rings is 1. The average molecular weight is 513 g/mol. The number of nitrogens with zero attached hydrogens (tertiary/aromatic N) is 3. The fourth-order valence-electron chi connectivity index (χ4n) is 5.87. The largest absolute Gasteiger partial charge is 0.384 e. The number of nitrogens with one attached hydrogen (secondary N) is 1. The maximum absolute atomic E-state index is 4.52. The quantitative estimate of drug-likeness (QED) is 0.324. The summed E-state index contributed by atoms with van der Waals surface area (Å²) < 4.78 is 0. The van der Waals surface area contributed by atoms with Crippen LogP contribution in [0.5, 0.6) is 0 Å². The van der Waals surface area contributed by atoms with Gasteiger partial charge in [-0.15, -0.1) is 0 Å². The van der Waals surface area contributed by atoms with Crippen molar-refractivity contribution in [1.29, 1.82) is 0 Å². The molecule has 1 N–H and O–H groups in total. The normalized spacial score (nSPS) is 16.8. The zero-order chi connectivity index (χ0) is 26.7. The lowest BCUT2D eigenvalue weighted by molar-refractivity contribution is 0.302. The van der Waals surface area contributed by atoms with Crippen molar-refractivity contribution in [2.24, 2.45) is 0 Å². The second-order valence-electron chi connectivity index (χ2n) is 10.6. The Balaban J connectivity index is 0.00000164. The third-order valence-corrected chi connectivity index (χ3v) is 7.85. The van der Waals surface area contributed by atoms with Gasteiger partial charge in [-0.1, -0.05) is 44.2 Å². The van der Waals surface area contributed by atoms with Gasteiger partial charge in [-0.2, -0.15) is 0 Å². The molecular weight excluding hydrogens is 464 g/mol. The molecule has 0 amide bonds. The third-order valence-electron chi connectivity index (χ3n) is 7.85. The monoisotopic (exact) mass is 512 g/mol. The summed E-state index contributed by atoms with van der Waals surface area (Å²) in [5.74, 6) is 0. The van der Waals surface area contributed by atoms with E-state index in [2.05, 4.69) is 82.6 Å². The number of fused-ring (bicyclic) bond motifs is 2. The van der Waals surface area contributed by atoms with Crippen molar-refractivity contribution >= 4 is 16.6 Å². The average Bonchev–Trinajstić information content (AvgIpc) is 3.11. The molecule has 0 atom stereocenters. The molecule has 0 bridgehead atoms. The summed E-state index contributed by atoms with van der Waals surface area (Å²) in [7, 11) is 2.28. The molecule has 0 saturated heterocycles. The Kier molecular flexibility index (Phi) is 10.6. The van der Waals surface area contributed by atoms with Crippen LogP contribution in [0.15, 0.2) is 77.3 Å². The minimum atomic E-state index is 1.00. The summed E-state index contributed by atoms with van der Waals surface area (Å²) in [6, 6.07) is 8.60. The van der Waals surface area contributed by atoms with Crippen molar-refractivity contribution in [2.75, 3.05) is 38.5 Å². The number of pyridine rings is 1. The van der Waals surface area contributed by atoms with Crippen molar-refractivity contribution in [3.8, 4) is 0 Å². The molecule has 0 spiro atoms. The first-order chi connectivity index (χ1) is 18.7. The van der Waals surface area contributed by atoms with Gasteiger partial charge < -0.3 is 15.1 Å². The molecule has 38 heavy (non-hydrogen) atoms. The summed E-state index contributed by atoms with van der Waals surface area (Å²) in [5.41, 5.74) is 9.79. The highest BCUT2D eigenvalue weighted by molar-refractivity contribution is 5.91.